The van der Waals surface area contributed by atoms with Gasteiger partial charge in [-0.1, -0.05) is 16.9 Å². The van der Waals surface area contributed by atoms with Crippen molar-refractivity contribution in [3.05, 3.63) is 34.2 Å². The molecule has 0 bridgehead atoms. The quantitative estimate of drug-likeness (QED) is 0.109. The Kier molecular flexibility index (Phi) is 8.57. The number of carbonyl (C=O) groups excluding carboxylic acids is 2. The number of rotatable bonds is 9. The summed E-state index contributed by atoms with van der Waals surface area (Å²) < 4.78 is 0. The van der Waals surface area contributed by atoms with Crippen LogP contribution in [0.5, 0.6) is 0 Å². The van der Waals surface area contributed by atoms with E-state index in [1.807, 2.05) is 0 Å². The molecule has 0 aliphatic carbocycles. The fourth-order valence-electron chi connectivity index (χ4n) is 3.71. The molecule has 1 saturated heterocycles. The van der Waals surface area contributed by atoms with Crippen LogP contribution in [0.1, 0.15) is 12.6 Å². The first kappa shape index (κ1) is 29.2. The van der Waals surface area contributed by atoms with Crippen LogP contribution in [0.15, 0.2) is 38.7 Å². The minimum atomic E-state index is -1.37. The van der Waals surface area contributed by atoms with Crippen molar-refractivity contribution >= 4 is 74.6 Å². The van der Waals surface area contributed by atoms with E-state index >= 15 is 0 Å². The molecule has 0 spiro atoms. The molecular weight excluding hydrogens is 586 g/mol. The number of aromatic nitrogens is 1. The van der Waals surface area contributed by atoms with E-state index < -0.39 is 47.4 Å². The summed E-state index contributed by atoms with van der Waals surface area (Å²) in [6, 6.07) is -1.07. The molecule has 0 radical (unpaired) electrons. The van der Waals surface area contributed by atoms with Gasteiger partial charge in [-0.05, 0) is 18.6 Å². The fourth-order valence-corrected chi connectivity index (χ4v) is 6.77. The van der Waals surface area contributed by atoms with Crippen LogP contribution >= 0.6 is 34.9 Å². The number of nitrogens with zero attached hydrogens (tertiary/aromatic N) is 5. The van der Waals surface area contributed by atoms with Crippen LogP contribution in [0.4, 0.5) is 5.13 Å². The number of nitrogen functional groups attached to an aromatic ring is 1. The van der Waals surface area contributed by atoms with E-state index in [1.165, 1.54) is 35.8 Å². The third-order valence-corrected chi connectivity index (χ3v) is 9.00. The largest absolute Gasteiger partial charge is 0.478 e. The van der Waals surface area contributed by atoms with Crippen LogP contribution in [0, 0.1) is 0 Å². The molecule has 19 heteroatoms. The molecule has 40 heavy (non-hydrogen) atoms. The van der Waals surface area contributed by atoms with Crippen molar-refractivity contribution in [1.82, 2.24) is 20.1 Å². The summed E-state index contributed by atoms with van der Waals surface area (Å²) in [5.74, 6) is -3.37. The molecule has 0 saturated carbocycles. The Balaban J connectivity index is 1.50. The minimum Gasteiger partial charge on any atom is -0.478 e. The van der Waals surface area contributed by atoms with Gasteiger partial charge in [0, 0.05) is 23.9 Å². The van der Waals surface area contributed by atoms with E-state index in [9.17, 15) is 24.3 Å². The second-order valence-corrected chi connectivity index (χ2v) is 11.5. The van der Waals surface area contributed by atoms with Gasteiger partial charge in [-0.2, -0.15) is 0 Å². The van der Waals surface area contributed by atoms with Crippen LogP contribution in [-0.2, 0) is 24.0 Å². The molecule has 1 aromatic rings. The molecule has 3 aliphatic rings. The van der Waals surface area contributed by atoms with Crippen LogP contribution < -0.4 is 22.5 Å². The number of thiazole rings is 1. The standard InChI is InChI=1S/C21H25N9O7S3/c1-7(18(33)34)37-28-12(9-6-39-20(24)25-9)15(31)27-13-16(32)30-14(19(35)36)8(4-38-17(13)30)5-40-21-26-10(22)3-11(23)29(21)2/h3,6-7,11,13,17H,4-5,22-23H2,1-2H3,(H2,24,25)(H,27,31)(H,33,34)(H,35,36)/b28-12-/t7-,11?,13?,17-/m0/s1. The number of amides is 2. The van der Waals surface area contributed by atoms with Crippen molar-refractivity contribution < 1.29 is 34.2 Å². The Morgan fingerprint density at radius 3 is 2.70 bits per heavy atom. The number of anilines is 1. The first-order chi connectivity index (χ1) is 18.9. The lowest BCUT2D eigenvalue weighted by molar-refractivity contribution is -0.150. The number of carbonyl (C=O) groups is 4. The summed E-state index contributed by atoms with van der Waals surface area (Å²) in [7, 11) is 1.73. The number of hydrogen-bond donors (Lipinski definition) is 6. The van der Waals surface area contributed by atoms with E-state index in [2.05, 4.69) is 20.4 Å². The summed E-state index contributed by atoms with van der Waals surface area (Å²) in [5.41, 5.74) is 17.4. The maximum Gasteiger partial charge on any atom is 0.352 e. The van der Waals surface area contributed by atoms with Crippen LogP contribution in [0.25, 0.3) is 0 Å². The zero-order valence-electron chi connectivity index (χ0n) is 21.0. The summed E-state index contributed by atoms with van der Waals surface area (Å²) in [4.78, 5) is 65.4. The minimum absolute atomic E-state index is 0.0220. The molecule has 0 aromatic carbocycles. The van der Waals surface area contributed by atoms with Gasteiger partial charge in [0.1, 0.15) is 34.8 Å². The van der Waals surface area contributed by atoms with Gasteiger partial charge in [0.2, 0.25) is 6.10 Å². The number of aliphatic carboxylic acids is 2. The second-order valence-electron chi connectivity index (χ2n) is 8.59. The highest BCUT2D eigenvalue weighted by atomic mass is 32.2. The first-order valence-electron chi connectivity index (χ1n) is 11.4. The smallest absolute Gasteiger partial charge is 0.352 e. The van der Waals surface area contributed by atoms with Crippen molar-refractivity contribution in [1.29, 1.82) is 0 Å². The number of hydrogen-bond acceptors (Lipinski definition) is 15. The van der Waals surface area contributed by atoms with E-state index in [0.29, 0.717) is 10.7 Å². The number of fused-ring (bicyclic) bond motifs is 1. The molecule has 16 nitrogen and oxygen atoms in total. The van der Waals surface area contributed by atoms with Gasteiger partial charge < -0.3 is 42.5 Å². The molecule has 214 valence electrons. The van der Waals surface area contributed by atoms with Gasteiger partial charge >= 0.3 is 11.9 Å². The van der Waals surface area contributed by atoms with E-state index in [4.69, 9.17) is 27.1 Å². The number of aliphatic imine (C=N–C) groups is 1. The Bertz CT molecular complexity index is 1370. The van der Waals surface area contributed by atoms with Gasteiger partial charge in [-0.15, -0.1) is 23.1 Å². The lowest BCUT2D eigenvalue weighted by atomic mass is 10.0. The maximum absolute atomic E-state index is 13.1. The van der Waals surface area contributed by atoms with Crippen molar-refractivity contribution in [3.63, 3.8) is 0 Å². The monoisotopic (exact) mass is 611 g/mol. The topological polar surface area (TPSA) is 252 Å². The fraction of sp³-hybridized carbons (Fsp3) is 0.381. The van der Waals surface area contributed by atoms with Gasteiger partial charge in [-0.3, -0.25) is 14.5 Å². The molecule has 4 heterocycles. The van der Waals surface area contributed by atoms with Gasteiger partial charge in [-0.25, -0.2) is 19.6 Å². The van der Waals surface area contributed by atoms with E-state index in [1.54, 1.807) is 18.0 Å². The highest BCUT2D eigenvalue weighted by Crippen LogP contribution is 2.41. The maximum atomic E-state index is 13.1. The number of nitrogens with two attached hydrogens (primary N) is 3. The molecule has 2 amide bonds. The Hall–Kier alpha value is -3.81. The molecule has 4 atom stereocenters. The Labute approximate surface area is 239 Å². The Morgan fingerprint density at radius 1 is 1.35 bits per heavy atom. The molecule has 1 aromatic heterocycles. The zero-order valence-corrected chi connectivity index (χ0v) is 23.5. The van der Waals surface area contributed by atoms with Crippen LogP contribution in [-0.4, -0.2) is 102 Å². The number of oxime groups is 1. The van der Waals surface area contributed by atoms with Gasteiger partial charge in [0.25, 0.3) is 11.8 Å². The van der Waals surface area contributed by atoms with Gasteiger partial charge in [0.15, 0.2) is 16.0 Å². The molecule has 1 fully saturated rings. The number of nitrogens with one attached hydrogen (secondary N) is 1. The van der Waals surface area contributed by atoms with Crippen molar-refractivity contribution in [2.45, 2.75) is 30.6 Å². The van der Waals surface area contributed by atoms with Crippen LogP contribution in [0.3, 0.4) is 0 Å². The average Bonchev–Trinajstić information content (AvgIpc) is 3.33. The third kappa shape index (κ3) is 5.86. The summed E-state index contributed by atoms with van der Waals surface area (Å²) in [6.07, 6.45) is -0.264. The third-order valence-electron chi connectivity index (χ3n) is 5.86. The lowest BCUT2D eigenvalue weighted by Crippen LogP contribution is -2.71. The zero-order chi connectivity index (χ0) is 29.3. The summed E-state index contributed by atoms with van der Waals surface area (Å²) >= 11 is 3.54. The predicted molar refractivity (Wildman–Crippen MR) is 149 cm³/mol. The van der Waals surface area contributed by atoms with Crippen molar-refractivity contribution in [3.8, 4) is 0 Å². The number of likely N-dealkylation sites (N-methyl/N-ethyl adjacent to an activating group) is 1. The number of amidine groups is 1. The highest BCUT2D eigenvalue weighted by molar-refractivity contribution is 8.14. The molecule has 4 rings (SSSR count). The Morgan fingerprint density at radius 2 is 2.08 bits per heavy atom. The SMILES string of the molecule is C[C@H](O/N=C(\C(=O)NC1C(=O)N2C(C(=O)O)=C(CSC3=NC(N)=CC(N)N3C)CS[C@@H]12)c1csc(N)n1)C(=O)O. The van der Waals surface area contributed by atoms with Crippen LogP contribution in [0.2, 0.25) is 0 Å². The predicted octanol–water partition coefficient (Wildman–Crippen LogP) is -1.22. The highest BCUT2D eigenvalue weighted by Gasteiger charge is 2.54. The van der Waals surface area contributed by atoms with E-state index in [0.717, 1.165) is 16.2 Å². The summed E-state index contributed by atoms with van der Waals surface area (Å²) in [6.45, 7) is 1.22. The number of carboxylic acid groups (broad SMARTS) is 2. The summed E-state index contributed by atoms with van der Waals surface area (Å²) in [5, 5.41) is 26.5. The second kappa shape index (κ2) is 11.7. The molecular formula is C21H25N9O7S3. The number of carboxylic acids is 2. The van der Waals surface area contributed by atoms with E-state index in [-0.39, 0.29) is 39.6 Å². The van der Waals surface area contributed by atoms with Crippen molar-refractivity contribution in [2.75, 3.05) is 24.3 Å². The van der Waals surface area contributed by atoms with Gasteiger partial charge in [0.05, 0.1) is 0 Å². The lowest BCUT2D eigenvalue weighted by Gasteiger charge is -2.49. The van der Waals surface area contributed by atoms with Crippen molar-refractivity contribution in [2.24, 2.45) is 21.6 Å². The normalized spacial score (nSPS) is 23.5. The molecule has 2 unspecified atom stereocenters. The number of β-lactam (4-membered cyclic amide) rings is 1. The molecule has 3 aliphatic heterocycles. The molecule has 9 N–H and O–H groups in total. The number of thioether (sulfide) groups is 2. The average molecular weight is 612 g/mol. The first-order valence-corrected chi connectivity index (χ1v) is 14.4.